The molecule has 1 saturated heterocycles. The molecule has 0 unspecified atom stereocenters. The molecule has 1 fully saturated rings. The van der Waals surface area contributed by atoms with Gasteiger partial charge in [0, 0.05) is 45.1 Å². The number of unbranched alkanes of at least 4 members (excludes halogenated alkanes) is 8. The minimum absolute atomic E-state index is 0.287. The molecular formula is C38H53BN2O6. The highest BCUT2D eigenvalue weighted by Gasteiger charge is 2.54. The molecule has 2 aromatic rings. The molecule has 0 N–H and O–H groups in total. The molecule has 3 aliphatic heterocycles. The van der Waals surface area contributed by atoms with E-state index in [1.165, 1.54) is 22.6 Å². The first-order valence-corrected chi connectivity index (χ1v) is 18.0. The SMILES string of the molecule is CCCCCCC[C@@H](C)N1C(=O)c2ccc3c4c(c(B5OC(C)(C)C(C)(C)O5)cc(c24)C1=O)C(=O)N([C@H](C)CCCCCCC)C3=O. The molecule has 0 aliphatic carbocycles. The van der Waals surface area contributed by atoms with Gasteiger partial charge in [-0.3, -0.25) is 29.0 Å². The molecule has 47 heavy (non-hydrogen) atoms. The third kappa shape index (κ3) is 6.30. The van der Waals surface area contributed by atoms with Crippen LogP contribution in [-0.2, 0) is 9.31 Å². The van der Waals surface area contributed by atoms with Gasteiger partial charge >= 0.3 is 7.12 Å². The number of carbonyl (C=O) groups is 4. The Hall–Kier alpha value is -3.04. The number of nitrogens with zero attached hydrogens (tertiary/aromatic N) is 2. The lowest BCUT2D eigenvalue weighted by Crippen LogP contribution is -2.52. The lowest BCUT2D eigenvalue weighted by Gasteiger charge is -2.37. The average Bonchev–Trinajstić information content (AvgIpc) is 3.24. The quantitative estimate of drug-likeness (QED) is 0.112. The Balaban J connectivity index is 1.60. The fourth-order valence-electron chi connectivity index (χ4n) is 7.34. The minimum atomic E-state index is -0.939. The van der Waals surface area contributed by atoms with E-state index in [1.54, 1.807) is 18.2 Å². The fourth-order valence-corrected chi connectivity index (χ4v) is 7.34. The molecule has 3 heterocycles. The van der Waals surface area contributed by atoms with Gasteiger partial charge in [-0.25, -0.2) is 0 Å². The van der Waals surface area contributed by atoms with Crippen LogP contribution in [0.5, 0.6) is 0 Å². The summed E-state index contributed by atoms with van der Waals surface area (Å²) in [7, 11) is -0.939. The summed E-state index contributed by atoms with van der Waals surface area (Å²) in [6, 6.07) is 4.40. The second-order valence-corrected chi connectivity index (χ2v) is 15.0. The van der Waals surface area contributed by atoms with E-state index in [4.69, 9.17) is 9.31 Å². The molecule has 254 valence electrons. The second-order valence-electron chi connectivity index (χ2n) is 15.0. The molecule has 0 radical (unpaired) electrons. The topological polar surface area (TPSA) is 93.2 Å². The summed E-state index contributed by atoms with van der Waals surface area (Å²) in [6.45, 7) is 16.0. The van der Waals surface area contributed by atoms with Crippen LogP contribution >= 0.6 is 0 Å². The number of carbonyl (C=O) groups excluding carboxylic acids is 4. The highest BCUT2D eigenvalue weighted by Crippen LogP contribution is 2.42. The van der Waals surface area contributed by atoms with Gasteiger partial charge in [-0.05, 0) is 78.0 Å². The van der Waals surface area contributed by atoms with Crippen LogP contribution in [0.3, 0.4) is 0 Å². The molecule has 5 rings (SSSR count). The molecule has 4 amide bonds. The molecule has 2 aromatic carbocycles. The summed E-state index contributed by atoms with van der Waals surface area (Å²) >= 11 is 0. The predicted molar refractivity (Wildman–Crippen MR) is 186 cm³/mol. The zero-order valence-electron chi connectivity index (χ0n) is 29.8. The summed E-state index contributed by atoms with van der Waals surface area (Å²) in [5, 5.41) is 0.743. The van der Waals surface area contributed by atoms with Crippen molar-refractivity contribution in [3.63, 3.8) is 0 Å². The molecule has 0 bridgehead atoms. The number of imide groups is 2. The van der Waals surface area contributed by atoms with Crippen molar-refractivity contribution < 1.29 is 28.5 Å². The molecule has 8 nitrogen and oxygen atoms in total. The van der Waals surface area contributed by atoms with Gasteiger partial charge < -0.3 is 9.31 Å². The fraction of sp³-hybridized carbons (Fsp3) is 0.632. The zero-order chi connectivity index (χ0) is 34.3. The van der Waals surface area contributed by atoms with E-state index < -0.39 is 36.0 Å². The number of rotatable bonds is 15. The highest BCUT2D eigenvalue weighted by atomic mass is 16.7. The molecule has 0 saturated carbocycles. The number of hydrogen-bond acceptors (Lipinski definition) is 6. The first-order chi connectivity index (χ1) is 22.3. The predicted octanol–water partition coefficient (Wildman–Crippen LogP) is 7.83. The van der Waals surface area contributed by atoms with E-state index in [1.807, 2.05) is 41.5 Å². The van der Waals surface area contributed by atoms with Gasteiger partial charge in [-0.15, -0.1) is 0 Å². The van der Waals surface area contributed by atoms with Gasteiger partial charge in [0.1, 0.15) is 0 Å². The van der Waals surface area contributed by atoms with Crippen molar-refractivity contribution in [2.75, 3.05) is 0 Å². The van der Waals surface area contributed by atoms with Crippen LogP contribution in [0, 0.1) is 0 Å². The molecular weight excluding hydrogens is 591 g/mol. The Morgan fingerprint density at radius 3 is 1.53 bits per heavy atom. The van der Waals surface area contributed by atoms with E-state index in [2.05, 4.69) is 13.8 Å². The van der Waals surface area contributed by atoms with E-state index in [0.29, 0.717) is 45.8 Å². The van der Waals surface area contributed by atoms with Crippen molar-refractivity contribution in [2.45, 2.75) is 156 Å². The van der Waals surface area contributed by atoms with Gasteiger partial charge in [0.25, 0.3) is 23.6 Å². The largest absolute Gasteiger partial charge is 0.495 e. The van der Waals surface area contributed by atoms with E-state index in [9.17, 15) is 19.2 Å². The van der Waals surface area contributed by atoms with Gasteiger partial charge in [-0.1, -0.05) is 78.1 Å². The maximum absolute atomic E-state index is 14.6. The van der Waals surface area contributed by atoms with Crippen LogP contribution in [0.4, 0.5) is 0 Å². The second kappa shape index (κ2) is 13.8. The van der Waals surface area contributed by atoms with Crippen LogP contribution in [0.15, 0.2) is 18.2 Å². The van der Waals surface area contributed by atoms with Crippen LogP contribution < -0.4 is 5.46 Å². The van der Waals surface area contributed by atoms with E-state index in [-0.39, 0.29) is 23.6 Å². The summed E-state index contributed by atoms with van der Waals surface area (Å²) in [5.74, 6) is -1.62. The molecule has 0 aromatic heterocycles. The number of hydrogen-bond donors (Lipinski definition) is 0. The van der Waals surface area contributed by atoms with Crippen LogP contribution in [0.25, 0.3) is 10.8 Å². The summed E-state index contributed by atoms with van der Waals surface area (Å²) in [5.41, 5.74) is 0.300. The number of amides is 4. The summed E-state index contributed by atoms with van der Waals surface area (Å²) in [4.78, 5) is 59.8. The summed E-state index contributed by atoms with van der Waals surface area (Å²) in [6.07, 6.45) is 12.2. The van der Waals surface area contributed by atoms with Crippen molar-refractivity contribution in [2.24, 2.45) is 0 Å². The Morgan fingerprint density at radius 1 is 0.617 bits per heavy atom. The Labute approximate surface area is 281 Å². The third-order valence-electron chi connectivity index (χ3n) is 10.9. The Kier molecular flexibility index (Phi) is 10.4. The lowest BCUT2D eigenvalue weighted by molar-refractivity contribution is 0.00578. The first-order valence-electron chi connectivity index (χ1n) is 18.0. The lowest BCUT2D eigenvalue weighted by atomic mass is 9.70. The van der Waals surface area contributed by atoms with E-state index in [0.717, 1.165) is 51.4 Å². The first kappa shape index (κ1) is 35.3. The molecule has 3 aliphatic rings. The minimum Gasteiger partial charge on any atom is -0.399 e. The standard InChI is InChI=1S/C38H53BN2O6/c1-9-11-13-15-17-19-24(3)40-33(42)26-21-22-27-31-30(26)28(35(40)44)23-29(39-46-37(5,6)38(7,8)47-39)32(31)36(45)41(34(27)43)25(4)20-18-16-14-12-10-2/h21-25H,9-20H2,1-8H3/t24-,25-/m1/s1. The molecule has 9 heteroatoms. The monoisotopic (exact) mass is 644 g/mol. The van der Waals surface area contributed by atoms with Crippen LogP contribution in [-0.4, -0.2) is 63.8 Å². The van der Waals surface area contributed by atoms with Gasteiger partial charge in [0.15, 0.2) is 0 Å². The molecule has 0 spiro atoms. The van der Waals surface area contributed by atoms with Gasteiger partial charge in [0.2, 0.25) is 0 Å². The number of benzene rings is 2. The normalized spacial score (nSPS) is 19.7. The zero-order valence-corrected chi connectivity index (χ0v) is 29.8. The van der Waals surface area contributed by atoms with Crippen molar-refractivity contribution in [3.8, 4) is 0 Å². The summed E-state index contributed by atoms with van der Waals surface area (Å²) < 4.78 is 12.9. The Morgan fingerprint density at radius 2 is 1.04 bits per heavy atom. The maximum Gasteiger partial charge on any atom is 0.495 e. The van der Waals surface area contributed by atoms with Crippen molar-refractivity contribution in [1.82, 2.24) is 9.80 Å². The smallest absolute Gasteiger partial charge is 0.399 e. The van der Waals surface area contributed by atoms with Crippen molar-refractivity contribution in [3.05, 3.63) is 40.5 Å². The van der Waals surface area contributed by atoms with Crippen LogP contribution in [0.2, 0.25) is 0 Å². The van der Waals surface area contributed by atoms with Crippen molar-refractivity contribution in [1.29, 1.82) is 0 Å². The van der Waals surface area contributed by atoms with Crippen molar-refractivity contribution >= 4 is 47.0 Å². The van der Waals surface area contributed by atoms with Gasteiger partial charge in [0.05, 0.1) is 11.2 Å². The van der Waals surface area contributed by atoms with Gasteiger partial charge in [-0.2, -0.15) is 0 Å². The average molecular weight is 645 g/mol. The maximum atomic E-state index is 14.6. The van der Waals surface area contributed by atoms with Crippen LogP contribution in [0.1, 0.15) is 174 Å². The molecule has 2 atom stereocenters. The van der Waals surface area contributed by atoms with E-state index >= 15 is 0 Å². The Bertz CT molecular complexity index is 1550. The highest BCUT2D eigenvalue weighted by molar-refractivity contribution is 6.65. The third-order valence-corrected chi connectivity index (χ3v) is 10.9.